The minimum Gasteiger partial charge on any atom is -0.387 e. The maximum atomic E-state index is 14.1. The summed E-state index contributed by atoms with van der Waals surface area (Å²) < 4.78 is 30.9. The minimum atomic E-state index is -0.652. The Morgan fingerprint density at radius 1 is 1.23 bits per heavy atom. The second-order valence-electron chi connectivity index (χ2n) is 7.86. The van der Waals surface area contributed by atoms with Gasteiger partial charge in [0.15, 0.2) is 5.69 Å². The quantitative estimate of drug-likeness (QED) is 0.691. The van der Waals surface area contributed by atoms with Crippen LogP contribution in [0.3, 0.4) is 0 Å². The lowest BCUT2D eigenvalue weighted by atomic mass is 10.1. The number of carbonyl (C=O) groups is 1. The molecule has 5 rings (SSSR count). The highest BCUT2D eigenvalue weighted by atomic mass is 19.1. The topological polar surface area (TPSA) is 85.0 Å². The number of aromatic nitrogens is 4. The number of aliphatic hydroxyl groups is 1. The van der Waals surface area contributed by atoms with E-state index in [9.17, 15) is 18.7 Å². The van der Waals surface area contributed by atoms with Crippen molar-refractivity contribution in [2.24, 2.45) is 0 Å². The predicted molar refractivity (Wildman–Crippen MR) is 104 cm³/mol. The van der Waals surface area contributed by atoms with Crippen molar-refractivity contribution < 1.29 is 18.7 Å². The Morgan fingerprint density at radius 2 is 2.10 bits per heavy atom. The van der Waals surface area contributed by atoms with Crippen molar-refractivity contribution in [2.45, 2.75) is 50.9 Å². The lowest BCUT2D eigenvalue weighted by molar-refractivity contribution is 0.0921. The van der Waals surface area contributed by atoms with Gasteiger partial charge in [0.2, 0.25) is 0 Å². The van der Waals surface area contributed by atoms with Gasteiger partial charge in [0.25, 0.3) is 5.91 Å². The molecule has 2 aliphatic rings. The molecule has 0 aliphatic carbocycles. The van der Waals surface area contributed by atoms with E-state index in [4.69, 9.17) is 0 Å². The van der Waals surface area contributed by atoms with E-state index in [1.807, 2.05) is 4.57 Å². The molecule has 0 spiro atoms. The Hall–Kier alpha value is -3.07. The van der Waals surface area contributed by atoms with Crippen molar-refractivity contribution in [1.82, 2.24) is 24.6 Å². The monoisotopic (exact) mass is 413 g/mol. The summed E-state index contributed by atoms with van der Waals surface area (Å²) in [6.45, 7) is 1.21. The Kier molecular flexibility index (Phi) is 4.62. The molecule has 2 atom stereocenters. The molecule has 2 aromatic heterocycles. The molecule has 0 bridgehead atoms. The lowest BCUT2D eigenvalue weighted by Crippen LogP contribution is -2.41. The van der Waals surface area contributed by atoms with Crippen molar-refractivity contribution in [3.05, 3.63) is 59.3 Å². The summed E-state index contributed by atoms with van der Waals surface area (Å²) >= 11 is 0. The van der Waals surface area contributed by atoms with Gasteiger partial charge in [-0.1, -0.05) is 0 Å². The average molecular weight is 413 g/mol. The number of carbonyl (C=O) groups excluding carboxylic acids is 1. The second-order valence-corrected chi connectivity index (χ2v) is 7.86. The third-order valence-corrected chi connectivity index (χ3v) is 5.77. The van der Waals surface area contributed by atoms with Crippen LogP contribution in [0.25, 0.3) is 11.3 Å². The maximum absolute atomic E-state index is 14.1. The van der Waals surface area contributed by atoms with E-state index < -0.39 is 17.7 Å². The summed E-state index contributed by atoms with van der Waals surface area (Å²) in [5.74, 6) is -0.750. The van der Waals surface area contributed by atoms with Gasteiger partial charge in [0, 0.05) is 43.4 Å². The van der Waals surface area contributed by atoms with Gasteiger partial charge < -0.3 is 15.0 Å². The number of amides is 1. The largest absolute Gasteiger partial charge is 0.387 e. The number of hydrogen-bond acceptors (Lipinski definition) is 4. The summed E-state index contributed by atoms with van der Waals surface area (Å²) in [7, 11) is 0. The lowest BCUT2D eigenvalue weighted by Gasteiger charge is -2.24. The van der Waals surface area contributed by atoms with Crippen LogP contribution in [0.4, 0.5) is 8.78 Å². The standard InChI is InChI=1S/C21H21F2N5O2/c22-12-3-5-14(15(23)8-12)17-11-27-10-13(4-6-20(27)25-17)24-21(30)16-9-18-19(29)2-1-7-28(18)26-16/h3,5,8-9,11,13,19,29H,1-2,4,6-7,10H2,(H,24,30). The van der Waals surface area contributed by atoms with Crippen molar-refractivity contribution in [2.75, 3.05) is 0 Å². The van der Waals surface area contributed by atoms with Gasteiger partial charge >= 0.3 is 0 Å². The molecule has 9 heteroatoms. The van der Waals surface area contributed by atoms with Crippen LogP contribution in [0.1, 0.15) is 47.4 Å². The van der Waals surface area contributed by atoms with Gasteiger partial charge in [-0.15, -0.1) is 0 Å². The number of aliphatic hydroxyl groups excluding tert-OH is 1. The van der Waals surface area contributed by atoms with E-state index in [0.29, 0.717) is 49.4 Å². The number of hydrogen-bond donors (Lipinski definition) is 2. The van der Waals surface area contributed by atoms with Crippen LogP contribution in [0, 0.1) is 11.6 Å². The highest BCUT2D eigenvalue weighted by molar-refractivity contribution is 5.92. The SMILES string of the molecule is O=C(NC1CCc2nc(-c3ccc(F)cc3F)cn2C1)c1cc2n(n1)CCCC2O. The summed E-state index contributed by atoms with van der Waals surface area (Å²) in [6, 6.07) is 4.97. The van der Waals surface area contributed by atoms with E-state index >= 15 is 0 Å². The number of rotatable bonds is 3. The van der Waals surface area contributed by atoms with Gasteiger partial charge in [-0.25, -0.2) is 13.8 Å². The van der Waals surface area contributed by atoms with Gasteiger partial charge in [-0.2, -0.15) is 5.10 Å². The van der Waals surface area contributed by atoms with E-state index in [0.717, 1.165) is 18.3 Å². The molecular weight excluding hydrogens is 392 g/mol. The number of aryl methyl sites for hydroxylation is 2. The number of benzene rings is 1. The molecule has 2 unspecified atom stereocenters. The van der Waals surface area contributed by atoms with Crippen LogP contribution >= 0.6 is 0 Å². The summed E-state index contributed by atoms with van der Waals surface area (Å²) in [5.41, 5.74) is 1.68. The predicted octanol–water partition coefficient (Wildman–Crippen LogP) is 2.60. The Bertz CT molecular complexity index is 1120. The highest BCUT2D eigenvalue weighted by Crippen LogP contribution is 2.27. The van der Waals surface area contributed by atoms with E-state index in [1.165, 1.54) is 12.1 Å². The molecule has 0 radical (unpaired) electrons. The minimum absolute atomic E-state index is 0.117. The third-order valence-electron chi connectivity index (χ3n) is 5.77. The van der Waals surface area contributed by atoms with Crippen molar-refractivity contribution in [1.29, 1.82) is 0 Å². The number of halogens is 2. The molecule has 30 heavy (non-hydrogen) atoms. The fraction of sp³-hybridized carbons (Fsp3) is 0.381. The first-order valence-corrected chi connectivity index (χ1v) is 10.1. The molecule has 2 aliphatic heterocycles. The van der Waals surface area contributed by atoms with Gasteiger partial charge in [-0.05, 0) is 37.5 Å². The fourth-order valence-corrected chi connectivity index (χ4v) is 4.22. The normalized spacial score (nSPS) is 20.5. The van der Waals surface area contributed by atoms with Gasteiger partial charge in [0.05, 0.1) is 17.5 Å². The molecule has 0 saturated heterocycles. The smallest absolute Gasteiger partial charge is 0.272 e. The zero-order chi connectivity index (χ0) is 20.8. The maximum Gasteiger partial charge on any atom is 0.272 e. The third kappa shape index (κ3) is 3.39. The zero-order valence-electron chi connectivity index (χ0n) is 16.2. The van der Waals surface area contributed by atoms with Gasteiger partial charge in [0.1, 0.15) is 17.5 Å². The number of imidazole rings is 1. The molecule has 2 N–H and O–H groups in total. The Morgan fingerprint density at radius 3 is 2.90 bits per heavy atom. The highest BCUT2D eigenvalue weighted by Gasteiger charge is 2.26. The molecule has 156 valence electrons. The fourth-order valence-electron chi connectivity index (χ4n) is 4.22. The Balaban J connectivity index is 1.30. The van der Waals surface area contributed by atoms with Crippen LogP contribution in [-0.2, 0) is 19.5 Å². The van der Waals surface area contributed by atoms with Crippen LogP contribution < -0.4 is 5.32 Å². The van der Waals surface area contributed by atoms with Crippen molar-refractivity contribution >= 4 is 5.91 Å². The van der Waals surface area contributed by atoms with Crippen LogP contribution in [0.15, 0.2) is 30.5 Å². The summed E-state index contributed by atoms with van der Waals surface area (Å²) in [6.07, 6.45) is 3.99. The van der Waals surface area contributed by atoms with Crippen molar-refractivity contribution in [3.8, 4) is 11.3 Å². The van der Waals surface area contributed by atoms with E-state index in [2.05, 4.69) is 15.4 Å². The first-order valence-electron chi connectivity index (χ1n) is 10.1. The number of nitrogens with one attached hydrogen (secondary N) is 1. The average Bonchev–Trinajstić information content (AvgIpc) is 3.32. The number of fused-ring (bicyclic) bond motifs is 2. The zero-order valence-corrected chi connectivity index (χ0v) is 16.2. The Labute approximate surface area is 171 Å². The molecule has 3 aromatic rings. The molecule has 4 heterocycles. The van der Waals surface area contributed by atoms with Crippen molar-refractivity contribution in [3.63, 3.8) is 0 Å². The molecule has 1 amide bonds. The van der Waals surface area contributed by atoms with Crippen LogP contribution in [-0.4, -0.2) is 36.4 Å². The molecule has 1 aromatic carbocycles. The first kappa shape index (κ1) is 18.9. The molecule has 0 saturated carbocycles. The van der Waals surface area contributed by atoms with E-state index in [1.54, 1.807) is 16.9 Å². The van der Waals surface area contributed by atoms with Crippen LogP contribution in [0.2, 0.25) is 0 Å². The molecule has 7 nitrogen and oxygen atoms in total. The summed E-state index contributed by atoms with van der Waals surface area (Å²) in [5, 5.41) is 17.4. The molecular formula is C21H21F2N5O2. The number of nitrogens with zero attached hydrogens (tertiary/aromatic N) is 4. The second kappa shape index (κ2) is 7.32. The molecule has 0 fully saturated rings. The van der Waals surface area contributed by atoms with Gasteiger partial charge in [-0.3, -0.25) is 9.48 Å². The van der Waals surface area contributed by atoms with Crippen LogP contribution in [0.5, 0.6) is 0 Å². The summed E-state index contributed by atoms with van der Waals surface area (Å²) in [4.78, 5) is 17.2. The van der Waals surface area contributed by atoms with E-state index in [-0.39, 0.29) is 17.5 Å². The first-order chi connectivity index (χ1) is 14.5.